The Balaban J connectivity index is 2.02. The smallest absolute Gasteiger partial charge is 0.145 e. The number of nitriles is 1. The lowest BCUT2D eigenvalue weighted by Crippen LogP contribution is -2.22. The van der Waals surface area contributed by atoms with Crippen LogP contribution >= 0.6 is 11.6 Å². The second-order valence-electron chi connectivity index (χ2n) is 7.88. The molecule has 27 heavy (non-hydrogen) atoms. The molecule has 7 heteroatoms. The average Bonchev–Trinajstić information content (AvgIpc) is 2.95. The van der Waals surface area contributed by atoms with Gasteiger partial charge >= 0.3 is 0 Å². The highest BCUT2D eigenvalue weighted by atomic mass is 35.5. The summed E-state index contributed by atoms with van der Waals surface area (Å²) < 4.78 is 7.71. The minimum atomic E-state index is -1.15. The van der Waals surface area contributed by atoms with Crippen LogP contribution in [0.5, 0.6) is 0 Å². The molecule has 3 aromatic rings. The molecule has 0 aliphatic carbocycles. The first-order chi connectivity index (χ1) is 12.8. The van der Waals surface area contributed by atoms with E-state index >= 15 is 0 Å². The molecule has 0 saturated carbocycles. The Bertz CT molecular complexity index is 1020. The lowest BCUT2D eigenvalue weighted by molar-refractivity contribution is 0.0898. The van der Waals surface area contributed by atoms with Gasteiger partial charge in [0.15, 0.2) is 0 Å². The monoisotopic (exact) mass is 398 g/mol. The summed E-state index contributed by atoms with van der Waals surface area (Å²) in [6, 6.07) is 9.04. The van der Waals surface area contributed by atoms with Crippen molar-refractivity contribution in [2.75, 3.05) is 6.61 Å². The molecule has 0 spiro atoms. The van der Waals surface area contributed by atoms with E-state index in [1.807, 2.05) is 23.6 Å². The van der Waals surface area contributed by atoms with Gasteiger partial charge in [-0.2, -0.15) is 5.26 Å². The van der Waals surface area contributed by atoms with Gasteiger partial charge in [0.1, 0.15) is 23.6 Å². The topological polar surface area (TPSA) is 63.7 Å². The molecule has 0 fully saturated rings. The average molecular weight is 399 g/mol. The Morgan fingerprint density at radius 2 is 2.07 bits per heavy atom. The first kappa shape index (κ1) is 19.6. The molecule has 0 saturated heterocycles. The Morgan fingerprint density at radius 3 is 2.74 bits per heavy atom. The van der Waals surface area contributed by atoms with Crippen LogP contribution in [0, 0.1) is 18.3 Å². The van der Waals surface area contributed by atoms with Gasteiger partial charge in [0.05, 0.1) is 11.3 Å². The second kappa shape index (κ2) is 7.81. The van der Waals surface area contributed by atoms with E-state index in [-0.39, 0.29) is 0 Å². The number of aryl methyl sites for hydroxylation is 1. The van der Waals surface area contributed by atoms with Crippen molar-refractivity contribution in [2.45, 2.75) is 39.3 Å². The zero-order valence-corrected chi connectivity index (χ0v) is 17.8. The number of hydrogen-bond donors (Lipinski definition) is 0. The molecule has 0 N–H and O–H groups in total. The SMILES string of the molecule is Cc1ccnc(-c2cc(Cl)nc3c2c(C#N)cn3COCC[Si](C)(C)C)c1. The number of pyridine rings is 2. The minimum Gasteiger partial charge on any atom is -0.361 e. The highest BCUT2D eigenvalue weighted by molar-refractivity contribution is 6.76. The van der Waals surface area contributed by atoms with Gasteiger partial charge in [-0.25, -0.2) is 4.98 Å². The van der Waals surface area contributed by atoms with Crippen LogP contribution in [0.1, 0.15) is 11.1 Å². The quantitative estimate of drug-likeness (QED) is 0.323. The fraction of sp³-hybridized carbons (Fsp3) is 0.350. The van der Waals surface area contributed by atoms with Crippen molar-refractivity contribution >= 4 is 30.7 Å². The number of rotatable bonds is 6. The summed E-state index contributed by atoms with van der Waals surface area (Å²) in [6.07, 6.45) is 3.54. The largest absolute Gasteiger partial charge is 0.361 e. The summed E-state index contributed by atoms with van der Waals surface area (Å²) in [7, 11) is -1.15. The third-order valence-corrected chi connectivity index (χ3v) is 6.23. The first-order valence-corrected chi connectivity index (χ1v) is 13.0. The molecular formula is C20H23ClN4OSi. The lowest BCUT2D eigenvalue weighted by Gasteiger charge is -2.15. The van der Waals surface area contributed by atoms with Gasteiger partial charge in [0, 0.05) is 38.0 Å². The molecule has 0 aromatic carbocycles. The van der Waals surface area contributed by atoms with Crippen molar-refractivity contribution in [3.8, 4) is 17.3 Å². The first-order valence-electron chi connectivity index (χ1n) is 8.89. The van der Waals surface area contributed by atoms with Crippen LogP contribution in [-0.2, 0) is 11.5 Å². The van der Waals surface area contributed by atoms with E-state index in [1.54, 1.807) is 18.5 Å². The third kappa shape index (κ3) is 4.56. The van der Waals surface area contributed by atoms with Gasteiger partial charge in [0.2, 0.25) is 0 Å². The van der Waals surface area contributed by atoms with Crippen LogP contribution < -0.4 is 0 Å². The summed E-state index contributed by atoms with van der Waals surface area (Å²) in [5.74, 6) is 0. The van der Waals surface area contributed by atoms with Gasteiger partial charge < -0.3 is 9.30 Å². The molecule has 0 aliphatic heterocycles. The van der Waals surface area contributed by atoms with Gasteiger partial charge in [-0.05, 0) is 36.7 Å². The molecule has 0 bridgehead atoms. The number of aromatic nitrogens is 3. The van der Waals surface area contributed by atoms with E-state index in [0.717, 1.165) is 28.3 Å². The van der Waals surface area contributed by atoms with Crippen molar-refractivity contribution in [3.05, 3.63) is 46.9 Å². The van der Waals surface area contributed by atoms with Crippen molar-refractivity contribution in [3.63, 3.8) is 0 Å². The summed E-state index contributed by atoms with van der Waals surface area (Å²) in [5, 5.41) is 10.8. The standard InChI is InChI=1S/C20H23ClN4OSi/c1-14-5-6-23-17(9-14)16-10-18(21)24-20-19(16)15(11-22)12-25(20)13-26-7-8-27(2,3)4/h5-6,9-10,12H,7-8,13H2,1-4H3. The molecule has 5 nitrogen and oxygen atoms in total. The highest BCUT2D eigenvalue weighted by Gasteiger charge is 2.18. The van der Waals surface area contributed by atoms with Crippen LogP contribution in [0.25, 0.3) is 22.3 Å². The number of ether oxygens (including phenoxy) is 1. The van der Waals surface area contributed by atoms with Crippen molar-refractivity contribution in [1.29, 1.82) is 5.26 Å². The second-order valence-corrected chi connectivity index (χ2v) is 13.9. The van der Waals surface area contributed by atoms with Gasteiger partial charge in [-0.1, -0.05) is 31.2 Å². The summed E-state index contributed by atoms with van der Waals surface area (Å²) >= 11 is 6.29. The van der Waals surface area contributed by atoms with Crippen LogP contribution in [0.3, 0.4) is 0 Å². The van der Waals surface area contributed by atoms with Gasteiger partial charge in [-0.3, -0.25) is 4.98 Å². The Morgan fingerprint density at radius 1 is 1.30 bits per heavy atom. The molecule has 0 aliphatic rings. The van der Waals surface area contributed by atoms with Gasteiger partial charge in [-0.15, -0.1) is 0 Å². The number of nitrogens with zero attached hydrogens (tertiary/aromatic N) is 4. The zero-order valence-electron chi connectivity index (χ0n) is 16.1. The fourth-order valence-electron chi connectivity index (χ4n) is 2.87. The maximum absolute atomic E-state index is 9.64. The van der Waals surface area contributed by atoms with Crippen LogP contribution in [0.15, 0.2) is 30.6 Å². The lowest BCUT2D eigenvalue weighted by atomic mass is 10.1. The Hall–Kier alpha value is -2.20. The molecule has 3 heterocycles. The third-order valence-electron chi connectivity index (χ3n) is 4.33. The van der Waals surface area contributed by atoms with Crippen molar-refractivity contribution < 1.29 is 4.74 Å². The molecule has 0 atom stereocenters. The number of halogens is 1. The number of fused-ring (bicyclic) bond motifs is 1. The van der Waals surface area contributed by atoms with Crippen molar-refractivity contribution in [1.82, 2.24) is 14.5 Å². The summed E-state index contributed by atoms with van der Waals surface area (Å²) in [4.78, 5) is 8.91. The maximum atomic E-state index is 9.64. The predicted molar refractivity (Wildman–Crippen MR) is 112 cm³/mol. The minimum absolute atomic E-state index is 0.344. The predicted octanol–water partition coefficient (Wildman–Crippen LogP) is 5.24. The van der Waals surface area contributed by atoms with Gasteiger partial charge in [0.25, 0.3) is 0 Å². The molecule has 3 aromatic heterocycles. The normalized spacial score (nSPS) is 11.7. The van der Waals surface area contributed by atoms with E-state index in [4.69, 9.17) is 16.3 Å². The molecule has 140 valence electrons. The van der Waals surface area contributed by atoms with Crippen LogP contribution in [-0.4, -0.2) is 29.2 Å². The Kier molecular flexibility index (Phi) is 5.66. The van der Waals surface area contributed by atoms with E-state index in [9.17, 15) is 5.26 Å². The van der Waals surface area contributed by atoms with E-state index in [0.29, 0.717) is 29.7 Å². The van der Waals surface area contributed by atoms with E-state index in [2.05, 4.69) is 35.7 Å². The molecule has 0 unspecified atom stereocenters. The molecule has 0 amide bonds. The summed E-state index contributed by atoms with van der Waals surface area (Å²) in [5.41, 5.74) is 3.87. The number of hydrogen-bond acceptors (Lipinski definition) is 4. The highest BCUT2D eigenvalue weighted by Crippen LogP contribution is 2.33. The fourth-order valence-corrected chi connectivity index (χ4v) is 3.81. The molecular weight excluding hydrogens is 376 g/mol. The maximum Gasteiger partial charge on any atom is 0.145 e. The van der Waals surface area contributed by atoms with E-state index < -0.39 is 8.07 Å². The van der Waals surface area contributed by atoms with Crippen molar-refractivity contribution in [2.24, 2.45) is 0 Å². The summed E-state index contributed by atoms with van der Waals surface area (Å²) in [6.45, 7) is 10.0. The zero-order chi connectivity index (χ0) is 19.6. The van der Waals surface area contributed by atoms with Crippen LogP contribution in [0.4, 0.5) is 0 Å². The van der Waals surface area contributed by atoms with Crippen LogP contribution in [0.2, 0.25) is 30.8 Å². The van der Waals surface area contributed by atoms with E-state index in [1.165, 1.54) is 0 Å². The molecule has 0 radical (unpaired) electrons. The molecule has 3 rings (SSSR count). The Labute approximate surface area is 165 Å².